The van der Waals surface area contributed by atoms with E-state index in [0.29, 0.717) is 30.6 Å². The van der Waals surface area contributed by atoms with Gasteiger partial charge in [-0.1, -0.05) is 24.3 Å². The summed E-state index contributed by atoms with van der Waals surface area (Å²) in [5, 5.41) is 21.6. The zero-order valence-electron chi connectivity index (χ0n) is 23.5. The summed E-state index contributed by atoms with van der Waals surface area (Å²) < 4.78 is 13.8. The lowest BCUT2D eigenvalue weighted by atomic mass is 9.98. The van der Waals surface area contributed by atoms with Crippen molar-refractivity contribution in [3.05, 3.63) is 78.1 Å². The Hall–Kier alpha value is -3.84. The first-order valence-corrected chi connectivity index (χ1v) is 15.6. The molecule has 0 amide bonds. The molecular formula is C33H34N6O2S. The van der Waals surface area contributed by atoms with Crippen molar-refractivity contribution in [3.63, 3.8) is 0 Å². The van der Waals surface area contributed by atoms with Gasteiger partial charge in [-0.3, -0.25) is 8.98 Å². The van der Waals surface area contributed by atoms with Crippen LogP contribution in [-0.4, -0.2) is 65.2 Å². The highest BCUT2D eigenvalue weighted by molar-refractivity contribution is 7.98. The first-order valence-electron chi connectivity index (χ1n) is 14.8. The Morgan fingerprint density at radius 3 is 2.67 bits per heavy atom. The standard InChI is InChI=1S/C33H34N6O2S/c34-18-24-16-23(6-7-32(24)41-28-10-14-40-15-11-28)31-22-39(42-29-4-2-1-3-5-29)33-30(31)17-25(19-36-33)26-20-37-38(21-26)27-8-12-35-13-9-27/h1-7,16-17,19-20,22,26-28,35H,8-15,21H2. The van der Waals surface area contributed by atoms with Gasteiger partial charge < -0.3 is 14.8 Å². The van der Waals surface area contributed by atoms with Gasteiger partial charge in [-0.05, 0) is 79.3 Å². The molecule has 2 aromatic carbocycles. The second-order valence-corrected chi connectivity index (χ2v) is 12.2. The van der Waals surface area contributed by atoms with Gasteiger partial charge in [0.1, 0.15) is 17.9 Å². The van der Waals surface area contributed by atoms with Crippen LogP contribution in [0.3, 0.4) is 0 Å². The SMILES string of the molecule is N#Cc1cc(-c2cn(Sc3ccccc3)c3ncc(C4C=NN(C5CCNCC5)C4)cc23)ccc1OC1CCOCC1. The van der Waals surface area contributed by atoms with Crippen molar-refractivity contribution in [1.82, 2.24) is 19.3 Å². The lowest BCUT2D eigenvalue weighted by Crippen LogP contribution is -2.40. The Balaban J connectivity index is 1.23. The number of ether oxygens (including phenoxy) is 2. The first kappa shape index (κ1) is 27.0. The molecule has 1 atom stereocenters. The van der Waals surface area contributed by atoms with Crippen molar-refractivity contribution in [2.24, 2.45) is 5.10 Å². The molecule has 4 aromatic rings. The predicted octanol–water partition coefficient (Wildman–Crippen LogP) is 5.83. The summed E-state index contributed by atoms with van der Waals surface area (Å²) in [6, 6.07) is 21.4. The van der Waals surface area contributed by atoms with Crippen molar-refractivity contribution < 1.29 is 9.47 Å². The number of aromatic nitrogens is 2. The normalized spacial score (nSPS) is 19.8. The molecule has 8 nitrogen and oxygen atoms in total. The van der Waals surface area contributed by atoms with Crippen molar-refractivity contribution in [2.45, 2.75) is 48.6 Å². The van der Waals surface area contributed by atoms with E-state index in [4.69, 9.17) is 19.6 Å². The van der Waals surface area contributed by atoms with Crippen molar-refractivity contribution >= 4 is 29.2 Å². The monoisotopic (exact) mass is 578 g/mol. The number of pyridine rings is 1. The van der Waals surface area contributed by atoms with Gasteiger partial charge in [0.15, 0.2) is 5.65 Å². The van der Waals surface area contributed by atoms with Crippen LogP contribution < -0.4 is 10.1 Å². The average molecular weight is 579 g/mol. The zero-order valence-corrected chi connectivity index (χ0v) is 24.3. The Bertz CT molecular complexity index is 1620. The highest BCUT2D eigenvalue weighted by Crippen LogP contribution is 2.38. The van der Waals surface area contributed by atoms with E-state index in [-0.39, 0.29) is 12.0 Å². The second kappa shape index (κ2) is 12.2. The summed E-state index contributed by atoms with van der Waals surface area (Å²) in [6.45, 7) is 4.37. The maximum Gasteiger partial charge on any atom is 0.150 e. The van der Waals surface area contributed by atoms with Gasteiger partial charge in [0, 0.05) is 65.8 Å². The van der Waals surface area contributed by atoms with E-state index >= 15 is 0 Å². The van der Waals surface area contributed by atoms with E-state index in [0.717, 1.165) is 77.9 Å². The minimum Gasteiger partial charge on any atom is -0.489 e. The number of rotatable bonds is 7. The average Bonchev–Trinajstić information content (AvgIpc) is 3.68. The first-order chi connectivity index (χ1) is 20.7. The van der Waals surface area contributed by atoms with Crippen LogP contribution in [-0.2, 0) is 4.74 Å². The van der Waals surface area contributed by atoms with Crippen molar-refractivity contribution in [3.8, 4) is 22.9 Å². The molecule has 0 bridgehead atoms. The Morgan fingerprint density at radius 2 is 1.86 bits per heavy atom. The number of piperidine rings is 1. The smallest absolute Gasteiger partial charge is 0.150 e. The number of hydrogen-bond donors (Lipinski definition) is 1. The summed E-state index contributed by atoms with van der Waals surface area (Å²) in [5.41, 5.74) is 4.61. The second-order valence-electron chi connectivity index (χ2n) is 11.1. The number of nitriles is 1. The summed E-state index contributed by atoms with van der Waals surface area (Å²) >= 11 is 1.64. The van der Waals surface area contributed by atoms with Gasteiger partial charge in [-0.15, -0.1) is 0 Å². The van der Waals surface area contributed by atoms with Crippen LogP contribution in [0.2, 0.25) is 0 Å². The summed E-state index contributed by atoms with van der Waals surface area (Å²) in [5.74, 6) is 0.828. The highest BCUT2D eigenvalue weighted by Gasteiger charge is 2.28. The number of fused-ring (bicyclic) bond motifs is 1. The van der Waals surface area contributed by atoms with Crippen LogP contribution in [0, 0.1) is 11.3 Å². The molecule has 2 saturated heterocycles. The fourth-order valence-corrected chi connectivity index (χ4v) is 6.95. The molecule has 7 rings (SSSR count). The molecule has 1 N–H and O–H groups in total. The number of nitrogens with one attached hydrogen (secondary N) is 1. The molecule has 42 heavy (non-hydrogen) atoms. The third-order valence-corrected chi connectivity index (χ3v) is 9.35. The lowest BCUT2D eigenvalue weighted by Gasteiger charge is -2.30. The highest BCUT2D eigenvalue weighted by atomic mass is 32.2. The summed E-state index contributed by atoms with van der Waals surface area (Å²) in [4.78, 5) is 6.12. The molecule has 9 heteroatoms. The van der Waals surface area contributed by atoms with Gasteiger partial charge in [0.2, 0.25) is 0 Å². The molecule has 0 spiro atoms. The molecule has 3 aliphatic heterocycles. The number of benzene rings is 2. The van der Waals surface area contributed by atoms with Crippen LogP contribution in [0.1, 0.15) is 42.7 Å². The predicted molar refractivity (Wildman–Crippen MR) is 166 cm³/mol. The molecule has 0 aliphatic carbocycles. The van der Waals surface area contributed by atoms with E-state index in [2.05, 4.69) is 57.0 Å². The number of hydrazone groups is 1. The van der Waals surface area contributed by atoms with E-state index in [1.165, 1.54) is 0 Å². The Morgan fingerprint density at radius 1 is 1.02 bits per heavy atom. The van der Waals surface area contributed by atoms with Crippen LogP contribution in [0.5, 0.6) is 5.75 Å². The third-order valence-electron chi connectivity index (χ3n) is 8.39. The van der Waals surface area contributed by atoms with Crippen molar-refractivity contribution in [1.29, 1.82) is 5.26 Å². The van der Waals surface area contributed by atoms with Gasteiger partial charge >= 0.3 is 0 Å². The van der Waals surface area contributed by atoms with Crippen LogP contribution in [0.25, 0.3) is 22.2 Å². The summed E-state index contributed by atoms with van der Waals surface area (Å²) in [7, 11) is 0. The topological polar surface area (TPSA) is 87.7 Å². The molecule has 1 unspecified atom stereocenters. The molecule has 3 aliphatic rings. The molecule has 5 heterocycles. The minimum atomic E-state index is 0.0742. The quantitative estimate of drug-likeness (QED) is 0.295. The molecule has 0 saturated carbocycles. The van der Waals surface area contributed by atoms with Gasteiger partial charge in [0.25, 0.3) is 0 Å². The van der Waals surface area contributed by atoms with Crippen LogP contribution >= 0.6 is 11.9 Å². The fraction of sp³-hybridized carbons (Fsp3) is 0.364. The van der Waals surface area contributed by atoms with Crippen LogP contribution in [0.15, 0.2) is 77.0 Å². The Labute approximate surface area is 250 Å². The van der Waals surface area contributed by atoms with Gasteiger partial charge in [-0.25, -0.2) is 4.98 Å². The van der Waals surface area contributed by atoms with Gasteiger partial charge in [-0.2, -0.15) is 10.4 Å². The number of hydrogen-bond acceptors (Lipinski definition) is 8. The van der Waals surface area contributed by atoms with E-state index in [9.17, 15) is 5.26 Å². The molecule has 214 valence electrons. The Kier molecular flexibility index (Phi) is 7.84. The lowest BCUT2D eigenvalue weighted by molar-refractivity contribution is 0.0254. The van der Waals surface area contributed by atoms with E-state index in [1.54, 1.807) is 11.9 Å². The molecule has 2 fully saturated rings. The van der Waals surface area contributed by atoms with E-state index in [1.807, 2.05) is 36.5 Å². The van der Waals surface area contributed by atoms with E-state index < -0.39 is 0 Å². The fourth-order valence-electron chi connectivity index (χ4n) is 6.06. The zero-order chi connectivity index (χ0) is 28.3. The molecular weight excluding hydrogens is 544 g/mol. The maximum atomic E-state index is 10.1. The summed E-state index contributed by atoms with van der Waals surface area (Å²) in [6.07, 6.45) is 10.2. The van der Waals surface area contributed by atoms with Gasteiger partial charge in [0.05, 0.1) is 18.8 Å². The van der Waals surface area contributed by atoms with Crippen LogP contribution in [0.4, 0.5) is 0 Å². The maximum absolute atomic E-state index is 10.1. The number of nitrogens with zero attached hydrogens (tertiary/aromatic N) is 5. The van der Waals surface area contributed by atoms with Crippen molar-refractivity contribution in [2.75, 3.05) is 32.8 Å². The molecule has 0 radical (unpaired) electrons. The molecule has 2 aromatic heterocycles. The third kappa shape index (κ3) is 5.62. The largest absolute Gasteiger partial charge is 0.489 e. The minimum absolute atomic E-state index is 0.0742.